The quantitative estimate of drug-likeness (QED) is 0.778. The zero-order valence-corrected chi connectivity index (χ0v) is 9.93. The van der Waals surface area contributed by atoms with Crippen molar-refractivity contribution in [2.75, 3.05) is 20.2 Å². The first-order chi connectivity index (χ1) is 7.86. The van der Waals surface area contributed by atoms with E-state index in [-0.39, 0.29) is 0 Å². The Bertz CT molecular complexity index is 302. The van der Waals surface area contributed by atoms with Crippen LogP contribution in [0.15, 0.2) is 24.5 Å². The summed E-state index contributed by atoms with van der Waals surface area (Å²) in [6.07, 6.45) is 8.67. The van der Waals surface area contributed by atoms with Gasteiger partial charge in [0.1, 0.15) is 5.75 Å². The smallest absolute Gasteiger partial charge is 0.137 e. The van der Waals surface area contributed by atoms with Gasteiger partial charge in [0, 0.05) is 12.2 Å². The minimum absolute atomic E-state index is 0.699. The van der Waals surface area contributed by atoms with Crippen LogP contribution in [0.5, 0.6) is 5.75 Å². The first kappa shape index (κ1) is 11.4. The molecule has 1 aliphatic rings. The lowest BCUT2D eigenvalue weighted by Crippen LogP contribution is -2.37. The predicted octanol–water partition coefficient (Wildman–Crippen LogP) is 2.33. The average molecular weight is 220 g/mol. The van der Waals surface area contributed by atoms with E-state index in [1.807, 2.05) is 12.1 Å². The topological polar surface area (TPSA) is 25.4 Å². The van der Waals surface area contributed by atoms with Crippen LogP contribution < -0.4 is 4.74 Å². The van der Waals surface area contributed by atoms with E-state index in [4.69, 9.17) is 4.74 Å². The van der Waals surface area contributed by atoms with Gasteiger partial charge in [-0.15, -0.1) is 0 Å². The highest BCUT2D eigenvalue weighted by Gasteiger charge is 2.18. The molecular formula is C13H20N2O. The lowest BCUT2D eigenvalue weighted by atomic mass is 10.0. The highest BCUT2D eigenvalue weighted by atomic mass is 16.5. The van der Waals surface area contributed by atoms with E-state index in [0.29, 0.717) is 6.04 Å². The van der Waals surface area contributed by atoms with E-state index in [2.05, 4.69) is 16.9 Å². The first-order valence-corrected chi connectivity index (χ1v) is 6.09. The summed E-state index contributed by atoms with van der Waals surface area (Å²) in [5.74, 6) is 0.876. The van der Waals surface area contributed by atoms with E-state index < -0.39 is 0 Å². The van der Waals surface area contributed by atoms with Gasteiger partial charge < -0.3 is 9.64 Å². The molecule has 1 unspecified atom stereocenters. The molecule has 3 nitrogen and oxygen atoms in total. The molecule has 1 aromatic heterocycles. The average Bonchev–Trinajstić information content (AvgIpc) is 2.33. The fourth-order valence-electron chi connectivity index (χ4n) is 2.25. The summed E-state index contributed by atoms with van der Waals surface area (Å²) in [4.78, 5) is 6.48. The van der Waals surface area contributed by atoms with Crippen molar-refractivity contribution >= 4 is 0 Å². The summed E-state index contributed by atoms with van der Waals surface area (Å²) in [6.45, 7) is 2.03. The van der Waals surface area contributed by atoms with Gasteiger partial charge in [-0.1, -0.05) is 6.42 Å². The third-order valence-corrected chi connectivity index (χ3v) is 3.28. The number of rotatable bonds is 4. The third kappa shape index (κ3) is 3.20. The Morgan fingerprint density at radius 3 is 3.19 bits per heavy atom. The SMILES string of the molecule is CN1CCCCC1CCOc1cccnc1. The third-order valence-electron chi connectivity index (χ3n) is 3.28. The first-order valence-electron chi connectivity index (χ1n) is 6.09. The van der Waals surface area contributed by atoms with Gasteiger partial charge in [-0.3, -0.25) is 4.98 Å². The summed E-state index contributed by atoms with van der Waals surface area (Å²) in [5.41, 5.74) is 0. The van der Waals surface area contributed by atoms with E-state index in [9.17, 15) is 0 Å². The molecular weight excluding hydrogens is 200 g/mol. The second kappa shape index (κ2) is 5.85. The molecule has 0 aliphatic carbocycles. The number of hydrogen-bond donors (Lipinski definition) is 0. The molecule has 1 aliphatic heterocycles. The lowest BCUT2D eigenvalue weighted by molar-refractivity contribution is 0.153. The maximum absolute atomic E-state index is 5.67. The van der Waals surface area contributed by atoms with Crippen LogP contribution in [-0.2, 0) is 0 Å². The molecule has 88 valence electrons. The van der Waals surface area contributed by atoms with E-state index in [0.717, 1.165) is 18.8 Å². The van der Waals surface area contributed by atoms with Crippen LogP contribution in [0.25, 0.3) is 0 Å². The van der Waals surface area contributed by atoms with Crippen LogP contribution in [0, 0.1) is 0 Å². The Morgan fingerprint density at radius 2 is 2.44 bits per heavy atom. The number of ether oxygens (including phenoxy) is 1. The summed E-state index contributed by atoms with van der Waals surface area (Å²) >= 11 is 0. The molecule has 0 spiro atoms. The molecule has 0 N–H and O–H groups in total. The molecule has 3 heteroatoms. The molecule has 1 aromatic rings. The van der Waals surface area contributed by atoms with Gasteiger partial charge in [-0.05, 0) is 45.0 Å². The second-order valence-corrected chi connectivity index (χ2v) is 4.46. The van der Waals surface area contributed by atoms with Crippen LogP contribution in [0.4, 0.5) is 0 Å². The van der Waals surface area contributed by atoms with Crippen LogP contribution >= 0.6 is 0 Å². The van der Waals surface area contributed by atoms with Crippen molar-refractivity contribution in [2.24, 2.45) is 0 Å². The molecule has 0 saturated carbocycles. The molecule has 0 amide bonds. The fraction of sp³-hybridized carbons (Fsp3) is 0.615. The van der Waals surface area contributed by atoms with Gasteiger partial charge in [0.15, 0.2) is 0 Å². The molecule has 0 bridgehead atoms. The van der Waals surface area contributed by atoms with Crippen molar-refractivity contribution in [3.63, 3.8) is 0 Å². The van der Waals surface area contributed by atoms with Gasteiger partial charge in [-0.2, -0.15) is 0 Å². The maximum atomic E-state index is 5.67. The van der Waals surface area contributed by atoms with Crippen molar-refractivity contribution in [3.8, 4) is 5.75 Å². The van der Waals surface area contributed by atoms with E-state index in [1.165, 1.54) is 25.8 Å². The minimum Gasteiger partial charge on any atom is -0.492 e. The number of likely N-dealkylation sites (tertiary alicyclic amines) is 1. The highest BCUT2D eigenvalue weighted by molar-refractivity contribution is 5.15. The zero-order chi connectivity index (χ0) is 11.2. The Kier molecular flexibility index (Phi) is 4.17. The molecule has 16 heavy (non-hydrogen) atoms. The van der Waals surface area contributed by atoms with Crippen LogP contribution in [-0.4, -0.2) is 36.1 Å². The van der Waals surface area contributed by atoms with Crippen LogP contribution in [0.1, 0.15) is 25.7 Å². The largest absolute Gasteiger partial charge is 0.492 e. The van der Waals surface area contributed by atoms with Gasteiger partial charge in [0.25, 0.3) is 0 Å². The van der Waals surface area contributed by atoms with E-state index in [1.54, 1.807) is 12.4 Å². The predicted molar refractivity (Wildman–Crippen MR) is 64.6 cm³/mol. The van der Waals surface area contributed by atoms with Crippen LogP contribution in [0.3, 0.4) is 0 Å². The van der Waals surface area contributed by atoms with Gasteiger partial charge in [0.05, 0.1) is 12.8 Å². The number of pyridine rings is 1. The maximum Gasteiger partial charge on any atom is 0.137 e. The Labute approximate surface area is 97.4 Å². The van der Waals surface area contributed by atoms with Gasteiger partial charge in [0.2, 0.25) is 0 Å². The Balaban J connectivity index is 1.71. The fourth-order valence-corrected chi connectivity index (χ4v) is 2.25. The van der Waals surface area contributed by atoms with Gasteiger partial charge >= 0.3 is 0 Å². The van der Waals surface area contributed by atoms with Crippen LogP contribution in [0.2, 0.25) is 0 Å². The summed E-state index contributed by atoms with van der Waals surface area (Å²) < 4.78 is 5.67. The van der Waals surface area contributed by atoms with Crippen molar-refractivity contribution < 1.29 is 4.74 Å². The standard InChI is InChI=1S/C13H20N2O/c1-15-9-3-2-5-12(15)7-10-16-13-6-4-8-14-11-13/h4,6,8,11-12H,2-3,5,7,9-10H2,1H3. The highest BCUT2D eigenvalue weighted by Crippen LogP contribution is 2.18. The molecule has 1 fully saturated rings. The molecule has 2 heterocycles. The Morgan fingerprint density at radius 1 is 1.50 bits per heavy atom. The normalized spacial score (nSPS) is 21.9. The number of hydrogen-bond acceptors (Lipinski definition) is 3. The van der Waals surface area contributed by atoms with Crippen molar-refractivity contribution in [3.05, 3.63) is 24.5 Å². The molecule has 0 radical (unpaired) electrons. The number of nitrogens with zero attached hydrogens (tertiary/aromatic N) is 2. The Hall–Kier alpha value is -1.09. The molecule has 1 atom stereocenters. The lowest BCUT2D eigenvalue weighted by Gasteiger charge is -2.32. The van der Waals surface area contributed by atoms with Crippen molar-refractivity contribution in [2.45, 2.75) is 31.7 Å². The monoisotopic (exact) mass is 220 g/mol. The van der Waals surface area contributed by atoms with Crippen molar-refractivity contribution in [1.29, 1.82) is 0 Å². The van der Waals surface area contributed by atoms with E-state index >= 15 is 0 Å². The van der Waals surface area contributed by atoms with Crippen molar-refractivity contribution in [1.82, 2.24) is 9.88 Å². The summed E-state index contributed by atoms with van der Waals surface area (Å²) in [7, 11) is 2.22. The molecule has 0 aromatic carbocycles. The minimum atomic E-state index is 0.699. The second-order valence-electron chi connectivity index (χ2n) is 4.46. The number of aromatic nitrogens is 1. The summed E-state index contributed by atoms with van der Waals surface area (Å²) in [6, 6.07) is 4.56. The number of piperidine rings is 1. The molecule has 2 rings (SSSR count). The van der Waals surface area contributed by atoms with Gasteiger partial charge in [-0.25, -0.2) is 0 Å². The zero-order valence-electron chi connectivity index (χ0n) is 9.93. The summed E-state index contributed by atoms with van der Waals surface area (Å²) in [5, 5.41) is 0. The molecule has 1 saturated heterocycles.